The highest BCUT2D eigenvalue weighted by atomic mass is 16.2. The van der Waals surface area contributed by atoms with E-state index in [2.05, 4.69) is 16.0 Å². The third kappa shape index (κ3) is 5.85. The third-order valence-corrected chi connectivity index (χ3v) is 2.54. The molecule has 0 bridgehead atoms. The molecule has 3 amide bonds. The fourth-order valence-electron chi connectivity index (χ4n) is 1.47. The zero-order valence-corrected chi connectivity index (χ0v) is 11.9. The molecule has 3 N–H and O–H groups in total. The van der Waals surface area contributed by atoms with Crippen LogP contribution >= 0.6 is 0 Å². The maximum absolute atomic E-state index is 11.6. The Morgan fingerprint density at radius 1 is 0.857 bits per heavy atom. The first-order valence-electron chi connectivity index (χ1n) is 6.34. The van der Waals surface area contributed by atoms with Crippen LogP contribution in [0.4, 0.5) is 5.69 Å². The number of Topliss-reactive ketones (excluding diaryl/α,β-unsaturated/α-hetero) is 1. The van der Waals surface area contributed by atoms with Crippen LogP contribution < -0.4 is 16.0 Å². The lowest BCUT2D eigenvalue weighted by molar-refractivity contribution is -0.136. The minimum absolute atomic E-state index is 0.0800. The van der Waals surface area contributed by atoms with Crippen molar-refractivity contribution in [2.45, 2.75) is 13.8 Å². The molecule has 0 aliphatic carbocycles. The largest absolute Gasteiger partial charge is 0.355 e. The van der Waals surface area contributed by atoms with E-state index in [1.54, 1.807) is 24.3 Å². The fraction of sp³-hybridized carbons (Fsp3) is 0.286. The number of nitrogens with one attached hydrogen (secondary N) is 3. The lowest BCUT2D eigenvalue weighted by Crippen LogP contribution is -2.39. The zero-order valence-electron chi connectivity index (χ0n) is 11.9. The molecule has 0 aromatic heterocycles. The van der Waals surface area contributed by atoms with Crippen LogP contribution in [0.3, 0.4) is 0 Å². The molecule has 1 aromatic carbocycles. The SMILES string of the molecule is CC(=O)NCCNC(=O)C(=O)Nc1ccc(C(C)=O)cc1. The predicted molar refractivity (Wildman–Crippen MR) is 76.8 cm³/mol. The molecular weight excluding hydrogens is 274 g/mol. The van der Waals surface area contributed by atoms with Gasteiger partial charge in [-0.05, 0) is 31.2 Å². The second-order valence-corrected chi connectivity index (χ2v) is 4.33. The van der Waals surface area contributed by atoms with Crippen LogP contribution in [0.1, 0.15) is 24.2 Å². The van der Waals surface area contributed by atoms with Crippen molar-refractivity contribution >= 4 is 29.2 Å². The van der Waals surface area contributed by atoms with Crippen molar-refractivity contribution in [2.75, 3.05) is 18.4 Å². The predicted octanol–water partition coefficient (Wildman–Crippen LogP) is 0.0800. The highest BCUT2D eigenvalue weighted by Gasteiger charge is 2.13. The molecule has 0 atom stereocenters. The van der Waals surface area contributed by atoms with Crippen LogP contribution in [-0.4, -0.2) is 36.6 Å². The number of ketones is 1. The van der Waals surface area contributed by atoms with Gasteiger partial charge in [0, 0.05) is 31.3 Å². The minimum atomic E-state index is -0.812. The molecule has 0 heterocycles. The number of amides is 3. The van der Waals surface area contributed by atoms with Gasteiger partial charge in [-0.25, -0.2) is 0 Å². The number of carbonyl (C=O) groups excluding carboxylic acids is 4. The summed E-state index contributed by atoms with van der Waals surface area (Å²) in [5, 5.41) is 7.26. The average molecular weight is 291 g/mol. The van der Waals surface area contributed by atoms with Crippen molar-refractivity contribution in [1.82, 2.24) is 10.6 Å². The van der Waals surface area contributed by atoms with Crippen molar-refractivity contribution in [2.24, 2.45) is 0 Å². The number of hydrogen-bond donors (Lipinski definition) is 3. The Hall–Kier alpha value is -2.70. The van der Waals surface area contributed by atoms with E-state index in [1.165, 1.54) is 13.8 Å². The van der Waals surface area contributed by atoms with Gasteiger partial charge in [0.1, 0.15) is 0 Å². The van der Waals surface area contributed by atoms with Crippen molar-refractivity contribution in [3.05, 3.63) is 29.8 Å². The van der Waals surface area contributed by atoms with Crippen molar-refractivity contribution in [3.8, 4) is 0 Å². The molecule has 0 radical (unpaired) electrons. The molecule has 112 valence electrons. The molecule has 7 heteroatoms. The maximum Gasteiger partial charge on any atom is 0.313 e. The standard InChI is InChI=1S/C14H17N3O4/c1-9(18)11-3-5-12(6-4-11)17-14(21)13(20)16-8-7-15-10(2)19/h3-6H,7-8H2,1-2H3,(H,15,19)(H,16,20)(H,17,21). The summed E-state index contributed by atoms with van der Waals surface area (Å²) in [5.41, 5.74) is 0.940. The van der Waals surface area contributed by atoms with Crippen LogP contribution in [0.15, 0.2) is 24.3 Å². The number of anilines is 1. The smallest absolute Gasteiger partial charge is 0.313 e. The van der Waals surface area contributed by atoms with E-state index in [1.807, 2.05) is 0 Å². The van der Waals surface area contributed by atoms with Gasteiger partial charge in [0.25, 0.3) is 0 Å². The van der Waals surface area contributed by atoms with Gasteiger partial charge in [-0.15, -0.1) is 0 Å². The number of hydrogen-bond acceptors (Lipinski definition) is 4. The number of carbonyl (C=O) groups is 4. The first kappa shape index (κ1) is 16.4. The summed E-state index contributed by atoms with van der Waals surface area (Å²) in [6.07, 6.45) is 0. The first-order chi connectivity index (χ1) is 9.90. The molecule has 0 spiro atoms. The molecule has 1 aromatic rings. The van der Waals surface area contributed by atoms with Crippen molar-refractivity contribution < 1.29 is 19.2 Å². The summed E-state index contributed by atoms with van der Waals surface area (Å²) in [7, 11) is 0. The third-order valence-electron chi connectivity index (χ3n) is 2.54. The Morgan fingerprint density at radius 3 is 1.95 bits per heavy atom. The monoisotopic (exact) mass is 291 g/mol. The maximum atomic E-state index is 11.6. The van der Waals surface area contributed by atoms with Crippen molar-refractivity contribution in [3.63, 3.8) is 0 Å². The molecule has 7 nitrogen and oxygen atoms in total. The molecule has 0 saturated heterocycles. The Bertz CT molecular complexity index is 552. The molecule has 0 aliphatic heterocycles. The van der Waals surface area contributed by atoms with E-state index in [4.69, 9.17) is 0 Å². The second kappa shape index (κ2) is 7.78. The van der Waals surface area contributed by atoms with Gasteiger partial charge in [0.2, 0.25) is 5.91 Å². The van der Waals surface area contributed by atoms with Gasteiger partial charge in [-0.2, -0.15) is 0 Å². The number of benzene rings is 1. The van der Waals surface area contributed by atoms with E-state index in [9.17, 15) is 19.2 Å². The van der Waals surface area contributed by atoms with Gasteiger partial charge < -0.3 is 16.0 Å². The van der Waals surface area contributed by atoms with E-state index in [0.29, 0.717) is 11.3 Å². The summed E-state index contributed by atoms with van der Waals surface area (Å²) in [6.45, 7) is 3.21. The summed E-state index contributed by atoms with van der Waals surface area (Å²) in [5.74, 6) is -1.90. The van der Waals surface area contributed by atoms with Crippen molar-refractivity contribution in [1.29, 1.82) is 0 Å². The quantitative estimate of drug-likeness (QED) is 0.406. The summed E-state index contributed by atoms with van der Waals surface area (Å²) >= 11 is 0. The molecule has 0 unspecified atom stereocenters. The topological polar surface area (TPSA) is 104 Å². The zero-order chi connectivity index (χ0) is 15.8. The molecule has 0 aliphatic rings. The summed E-state index contributed by atoms with van der Waals surface area (Å²) in [6, 6.07) is 6.21. The van der Waals surface area contributed by atoms with Gasteiger partial charge in [0.05, 0.1) is 0 Å². The highest BCUT2D eigenvalue weighted by molar-refractivity contribution is 6.39. The van der Waals surface area contributed by atoms with Crippen LogP contribution in [0.2, 0.25) is 0 Å². The lowest BCUT2D eigenvalue weighted by Gasteiger charge is -2.07. The average Bonchev–Trinajstić information content (AvgIpc) is 2.43. The summed E-state index contributed by atoms with van der Waals surface area (Å²) in [4.78, 5) is 44.8. The Balaban J connectivity index is 2.43. The molecular formula is C14H17N3O4. The van der Waals surface area contributed by atoms with E-state index >= 15 is 0 Å². The second-order valence-electron chi connectivity index (χ2n) is 4.33. The van der Waals surface area contributed by atoms with E-state index in [-0.39, 0.29) is 24.8 Å². The van der Waals surface area contributed by atoms with Gasteiger partial charge in [0.15, 0.2) is 5.78 Å². The Morgan fingerprint density at radius 2 is 1.43 bits per heavy atom. The van der Waals surface area contributed by atoms with Gasteiger partial charge in [-0.1, -0.05) is 0 Å². The van der Waals surface area contributed by atoms with E-state index in [0.717, 1.165) is 0 Å². The Labute approximate surface area is 122 Å². The minimum Gasteiger partial charge on any atom is -0.355 e. The Kier molecular flexibility index (Phi) is 6.06. The van der Waals surface area contributed by atoms with E-state index < -0.39 is 11.8 Å². The van der Waals surface area contributed by atoms with Gasteiger partial charge >= 0.3 is 11.8 Å². The first-order valence-corrected chi connectivity index (χ1v) is 6.34. The fourth-order valence-corrected chi connectivity index (χ4v) is 1.47. The van der Waals surface area contributed by atoms with Crippen LogP contribution in [0.25, 0.3) is 0 Å². The summed E-state index contributed by atoms with van der Waals surface area (Å²) < 4.78 is 0. The van der Waals surface area contributed by atoms with Crippen LogP contribution in [0.5, 0.6) is 0 Å². The molecule has 0 fully saturated rings. The van der Waals surface area contributed by atoms with Crippen LogP contribution in [-0.2, 0) is 14.4 Å². The molecule has 1 rings (SSSR count). The lowest BCUT2D eigenvalue weighted by atomic mass is 10.1. The number of rotatable bonds is 5. The van der Waals surface area contributed by atoms with Crippen LogP contribution in [0, 0.1) is 0 Å². The normalized spacial score (nSPS) is 9.62. The molecule has 21 heavy (non-hydrogen) atoms. The van der Waals surface area contributed by atoms with Gasteiger partial charge in [-0.3, -0.25) is 19.2 Å². The molecule has 0 saturated carbocycles. The highest BCUT2D eigenvalue weighted by Crippen LogP contribution is 2.09.